The Morgan fingerprint density at radius 2 is 1.20 bits per heavy atom. The van der Waals surface area contributed by atoms with E-state index in [9.17, 15) is 0 Å². The predicted octanol–water partition coefficient (Wildman–Crippen LogP) is 8.00. The number of anilines is 4. The first-order chi connectivity index (χ1) is 24.4. The minimum absolute atomic E-state index is 0.106. The number of hydrogen-bond acceptors (Lipinski definition) is 16. The number of nitrogen functional groups attached to an aromatic ring is 4. The second-order valence-corrected chi connectivity index (χ2v) is 13.9. The van der Waals surface area contributed by atoms with Crippen molar-refractivity contribution in [2.24, 2.45) is 0 Å². The third-order valence-electron chi connectivity index (χ3n) is 6.95. The summed E-state index contributed by atoms with van der Waals surface area (Å²) in [7, 11) is 3.30. The fourth-order valence-corrected chi connectivity index (χ4v) is 6.09. The molecular weight excluding hydrogens is 803 g/mol. The maximum absolute atomic E-state index is 6.02. The van der Waals surface area contributed by atoms with Crippen molar-refractivity contribution in [1.82, 2.24) is 29.9 Å². The zero-order valence-electron chi connectivity index (χ0n) is 28.8. The second-order valence-electron chi connectivity index (χ2n) is 11.1. The fraction of sp³-hybridized carbons (Fsp3) is 0.235. The van der Waals surface area contributed by atoms with Crippen LogP contribution in [-0.4, -0.2) is 44.1 Å². The Balaban J connectivity index is 0.000000203. The van der Waals surface area contributed by atoms with E-state index in [0.717, 1.165) is 36.6 Å². The highest BCUT2D eigenvalue weighted by Crippen LogP contribution is 2.42. The summed E-state index contributed by atoms with van der Waals surface area (Å²) in [6, 6.07) is 7.78. The molecule has 0 atom stereocenters. The number of aromatic nitrogens is 6. The number of ether oxygens (including phenoxy) is 4. The molecule has 268 valence electrons. The normalized spacial score (nSPS) is 10.5. The van der Waals surface area contributed by atoms with Crippen LogP contribution in [0.1, 0.15) is 50.7 Å². The van der Waals surface area contributed by atoms with Crippen LogP contribution in [0.15, 0.2) is 65.5 Å². The Morgan fingerprint density at radius 1 is 0.647 bits per heavy atom. The molecule has 0 saturated carbocycles. The first kappa shape index (κ1) is 38.8. The van der Waals surface area contributed by atoms with Gasteiger partial charge in [0.1, 0.15) is 23.0 Å². The lowest BCUT2D eigenvalue weighted by Gasteiger charge is -2.18. The summed E-state index contributed by atoms with van der Waals surface area (Å²) in [6.07, 6.45) is 6.50. The molecule has 51 heavy (non-hydrogen) atoms. The largest absolute Gasteiger partial charge is 0.496 e. The van der Waals surface area contributed by atoms with Crippen molar-refractivity contribution in [3.8, 4) is 44.9 Å². The molecule has 0 bridgehead atoms. The zero-order chi connectivity index (χ0) is 37.1. The number of thiazole rings is 2. The molecule has 0 aliphatic rings. The first-order valence-corrected chi connectivity index (χ1v) is 18.2. The monoisotopic (exact) mass is 842 g/mol. The van der Waals surface area contributed by atoms with Gasteiger partial charge in [0.2, 0.25) is 11.9 Å². The number of nitrogens with two attached hydrogens (primary N) is 4. The second kappa shape index (κ2) is 18.3. The highest BCUT2D eigenvalue weighted by molar-refractivity contribution is 14.1. The van der Waals surface area contributed by atoms with Crippen molar-refractivity contribution in [2.75, 3.05) is 37.2 Å². The number of benzene rings is 2. The van der Waals surface area contributed by atoms with E-state index < -0.39 is 0 Å². The summed E-state index contributed by atoms with van der Waals surface area (Å²) in [5.41, 5.74) is 29.2. The van der Waals surface area contributed by atoms with Gasteiger partial charge in [-0.2, -0.15) is 9.97 Å². The van der Waals surface area contributed by atoms with Crippen molar-refractivity contribution in [3.63, 3.8) is 0 Å². The van der Waals surface area contributed by atoms with Crippen LogP contribution in [0, 0.1) is 3.57 Å². The van der Waals surface area contributed by atoms with Crippen LogP contribution >= 0.6 is 45.3 Å². The van der Waals surface area contributed by atoms with E-state index in [1.807, 2.05) is 29.6 Å². The molecular formula is C34H39IN10O4S2. The van der Waals surface area contributed by atoms with Crippen LogP contribution in [0.5, 0.6) is 34.5 Å². The van der Waals surface area contributed by atoms with E-state index in [1.165, 1.54) is 23.7 Å². The molecule has 0 unspecified atom stereocenters. The van der Waals surface area contributed by atoms with Gasteiger partial charge in [0, 0.05) is 34.5 Å². The molecule has 0 fully saturated rings. The summed E-state index contributed by atoms with van der Waals surface area (Å²) in [4.78, 5) is 24.5. The fourth-order valence-electron chi connectivity index (χ4n) is 4.44. The topological polar surface area (TPSA) is 218 Å². The van der Waals surface area contributed by atoms with Crippen LogP contribution in [0.25, 0.3) is 10.4 Å². The Labute approximate surface area is 317 Å². The maximum Gasteiger partial charge on any atom is 0.222 e. The molecule has 0 saturated heterocycles. The smallest absolute Gasteiger partial charge is 0.222 e. The minimum Gasteiger partial charge on any atom is -0.496 e. The van der Waals surface area contributed by atoms with Gasteiger partial charge in [0.25, 0.3) is 0 Å². The van der Waals surface area contributed by atoms with Crippen molar-refractivity contribution >= 4 is 68.8 Å². The van der Waals surface area contributed by atoms with Gasteiger partial charge < -0.3 is 41.9 Å². The SMILES string of the molecule is COc1cc(C(C)C)c(Oc2cnc(N)nc2N)cc1-c1cncs1.COc1cc(C(C)C)c(Oc2cnc(N)nc2N)cc1I.c1cscn1. The Hall–Kier alpha value is -5.01. The summed E-state index contributed by atoms with van der Waals surface area (Å²) in [5, 5.41) is 1.93. The van der Waals surface area contributed by atoms with E-state index >= 15 is 0 Å². The molecule has 0 aliphatic carbocycles. The molecule has 8 N–H and O–H groups in total. The molecule has 14 nitrogen and oxygen atoms in total. The van der Waals surface area contributed by atoms with Crippen LogP contribution in [0.3, 0.4) is 0 Å². The first-order valence-electron chi connectivity index (χ1n) is 15.3. The molecule has 0 aliphatic heterocycles. The number of nitrogens with zero attached hydrogens (tertiary/aromatic N) is 6. The lowest BCUT2D eigenvalue weighted by molar-refractivity contribution is 0.407. The summed E-state index contributed by atoms with van der Waals surface area (Å²) in [5.74, 6) is 4.80. The molecule has 6 aromatic rings. The van der Waals surface area contributed by atoms with E-state index in [0.29, 0.717) is 23.0 Å². The molecule has 0 spiro atoms. The summed E-state index contributed by atoms with van der Waals surface area (Å²) in [6.45, 7) is 8.32. The van der Waals surface area contributed by atoms with Crippen LogP contribution < -0.4 is 41.9 Å². The van der Waals surface area contributed by atoms with Gasteiger partial charge in [-0.15, -0.1) is 22.7 Å². The maximum atomic E-state index is 6.02. The molecule has 2 aromatic carbocycles. The minimum atomic E-state index is 0.106. The number of halogens is 1. The lowest BCUT2D eigenvalue weighted by atomic mass is 9.99. The number of hydrogen-bond donors (Lipinski definition) is 4. The van der Waals surface area contributed by atoms with Gasteiger partial charge >= 0.3 is 0 Å². The lowest BCUT2D eigenvalue weighted by Crippen LogP contribution is -2.03. The Bertz CT molecular complexity index is 2000. The van der Waals surface area contributed by atoms with Crippen molar-refractivity contribution in [3.05, 3.63) is 80.2 Å². The van der Waals surface area contributed by atoms with Gasteiger partial charge in [-0.25, -0.2) is 9.97 Å². The van der Waals surface area contributed by atoms with Gasteiger partial charge in [0.15, 0.2) is 23.1 Å². The van der Waals surface area contributed by atoms with Gasteiger partial charge in [0.05, 0.1) is 46.1 Å². The average molecular weight is 843 g/mol. The quantitative estimate of drug-likeness (QED) is 0.101. The molecule has 6 rings (SSSR count). The summed E-state index contributed by atoms with van der Waals surface area (Å²) >= 11 is 5.32. The number of rotatable bonds is 9. The molecule has 0 radical (unpaired) electrons. The van der Waals surface area contributed by atoms with E-state index in [-0.39, 0.29) is 35.4 Å². The van der Waals surface area contributed by atoms with Gasteiger partial charge in [-0.3, -0.25) is 9.97 Å². The third-order valence-corrected chi connectivity index (χ3v) is 9.12. The zero-order valence-corrected chi connectivity index (χ0v) is 32.6. The van der Waals surface area contributed by atoms with E-state index in [1.54, 1.807) is 49.0 Å². The van der Waals surface area contributed by atoms with Crippen LogP contribution in [0.4, 0.5) is 23.5 Å². The van der Waals surface area contributed by atoms with E-state index in [2.05, 4.69) is 80.2 Å². The van der Waals surface area contributed by atoms with E-state index in [4.69, 9.17) is 41.9 Å². The molecule has 4 aromatic heterocycles. The van der Waals surface area contributed by atoms with Crippen molar-refractivity contribution in [1.29, 1.82) is 0 Å². The van der Waals surface area contributed by atoms with Crippen molar-refractivity contribution in [2.45, 2.75) is 39.5 Å². The highest BCUT2D eigenvalue weighted by Gasteiger charge is 2.19. The summed E-state index contributed by atoms with van der Waals surface area (Å²) < 4.78 is 23.8. The molecule has 4 heterocycles. The molecule has 0 amide bonds. The number of methoxy groups -OCH3 is 2. The van der Waals surface area contributed by atoms with Gasteiger partial charge in [-0.1, -0.05) is 27.7 Å². The third kappa shape index (κ3) is 10.5. The Kier molecular flexibility index (Phi) is 13.9. The highest BCUT2D eigenvalue weighted by atomic mass is 127. The standard InChI is InChI=1S/C17H19N5O2S.C14H17IN4O2.C3H3NS/c1-9(2)10-4-12(23-3)11(15-7-20-8-25-15)5-13(10)24-14-6-21-17(19)22-16(14)18;1-7(2)8-4-11(20-3)9(15)5-10(8)21-12-6-18-14(17)19-13(12)16;1-2-5-3-4-1/h4-9H,1-3H3,(H4,18,19,21,22);4-7H,1-3H3,(H4,16,17,18,19);1-3H. The van der Waals surface area contributed by atoms with Crippen molar-refractivity contribution < 1.29 is 18.9 Å². The molecule has 17 heteroatoms. The van der Waals surface area contributed by atoms with Crippen LogP contribution in [0.2, 0.25) is 0 Å². The Morgan fingerprint density at radius 3 is 1.61 bits per heavy atom. The van der Waals surface area contributed by atoms with Crippen LogP contribution in [-0.2, 0) is 0 Å². The van der Waals surface area contributed by atoms with Gasteiger partial charge in [-0.05, 0) is 58.7 Å². The predicted molar refractivity (Wildman–Crippen MR) is 212 cm³/mol. The average Bonchev–Trinajstić information content (AvgIpc) is 3.86.